The molecule has 2 heterocycles. The molecule has 2 fully saturated rings. The number of hydrogen-bond acceptors (Lipinski definition) is 4. The molecule has 2 saturated heterocycles. The molecule has 6 heteroatoms. The molecule has 0 aromatic heterocycles. The van der Waals surface area contributed by atoms with Crippen molar-refractivity contribution in [3.63, 3.8) is 0 Å². The van der Waals surface area contributed by atoms with E-state index in [9.17, 15) is 14.7 Å². The SMILES string of the molecule is CC(C)c1ccc([C@H]2C(=C(O)c3ccc(Cl)cc3)C(=O)C(=O)N2C[C@H]2CCCO2)cc1. The first-order valence-corrected chi connectivity index (χ1v) is 11.0. The molecule has 0 unspecified atom stereocenters. The van der Waals surface area contributed by atoms with Crippen molar-refractivity contribution >= 4 is 29.1 Å². The number of ether oxygens (including phenoxy) is 1. The molecular formula is C25H26ClNO4. The molecule has 162 valence electrons. The molecule has 31 heavy (non-hydrogen) atoms. The summed E-state index contributed by atoms with van der Waals surface area (Å²) in [6.07, 6.45) is 1.68. The van der Waals surface area contributed by atoms with Gasteiger partial charge < -0.3 is 14.7 Å². The minimum atomic E-state index is -0.677. The summed E-state index contributed by atoms with van der Waals surface area (Å²) in [7, 11) is 0. The average molecular weight is 440 g/mol. The topological polar surface area (TPSA) is 66.8 Å². The van der Waals surface area contributed by atoms with E-state index in [0.29, 0.717) is 29.7 Å². The summed E-state index contributed by atoms with van der Waals surface area (Å²) >= 11 is 5.97. The molecule has 0 radical (unpaired) electrons. The average Bonchev–Trinajstić information content (AvgIpc) is 3.36. The van der Waals surface area contributed by atoms with Crippen LogP contribution in [0.1, 0.15) is 55.3 Å². The zero-order chi connectivity index (χ0) is 22.1. The molecular weight excluding hydrogens is 414 g/mol. The number of ketones is 1. The van der Waals surface area contributed by atoms with Crippen molar-refractivity contribution in [2.75, 3.05) is 13.2 Å². The van der Waals surface area contributed by atoms with Gasteiger partial charge in [0.05, 0.1) is 17.7 Å². The van der Waals surface area contributed by atoms with Crippen molar-refractivity contribution in [1.29, 1.82) is 0 Å². The number of benzene rings is 2. The summed E-state index contributed by atoms with van der Waals surface area (Å²) in [6, 6.07) is 13.8. The van der Waals surface area contributed by atoms with Gasteiger partial charge in [0.2, 0.25) is 0 Å². The zero-order valence-electron chi connectivity index (χ0n) is 17.7. The third-order valence-corrected chi connectivity index (χ3v) is 6.25. The molecule has 0 aliphatic carbocycles. The van der Waals surface area contributed by atoms with Gasteiger partial charge in [-0.25, -0.2) is 0 Å². The lowest BCUT2D eigenvalue weighted by molar-refractivity contribution is -0.140. The van der Waals surface area contributed by atoms with E-state index in [-0.39, 0.29) is 17.4 Å². The summed E-state index contributed by atoms with van der Waals surface area (Å²) in [4.78, 5) is 27.6. The smallest absolute Gasteiger partial charge is 0.295 e. The highest BCUT2D eigenvalue weighted by Gasteiger charge is 2.47. The number of carbonyl (C=O) groups excluding carboxylic acids is 2. The Labute approximate surface area is 187 Å². The Morgan fingerprint density at radius 2 is 1.81 bits per heavy atom. The predicted octanol–water partition coefficient (Wildman–Crippen LogP) is 5.06. The minimum absolute atomic E-state index is 0.0996. The zero-order valence-corrected chi connectivity index (χ0v) is 18.4. The Kier molecular flexibility index (Phi) is 6.17. The van der Waals surface area contributed by atoms with Crippen LogP contribution < -0.4 is 0 Å². The van der Waals surface area contributed by atoms with Crippen LogP contribution in [0.5, 0.6) is 0 Å². The lowest BCUT2D eigenvalue weighted by atomic mass is 9.93. The number of halogens is 1. The Morgan fingerprint density at radius 3 is 2.39 bits per heavy atom. The number of likely N-dealkylation sites (tertiary alicyclic amines) is 1. The van der Waals surface area contributed by atoms with E-state index in [4.69, 9.17) is 16.3 Å². The van der Waals surface area contributed by atoms with Crippen LogP contribution in [0.2, 0.25) is 5.02 Å². The van der Waals surface area contributed by atoms with Crippen molar-refractivity contribution in [2.24, 2.45) is 0 Å². The van der Waals surface area contributed by atoms with Crippen molar-refractivity contribution in [2.45, 2.75) is 44.8 Å². The second kappa shape index (κ2) is 8.85. The lowest BCUT2D eigenvalue weighted by Gasteiger charge is -2.27. The fourth-order valence-corrected chi connectivity index (χ4v) is 4.38. The molecule has 1 N–H and O–H groups in total. The number of hydrogen-bond donors (Lipinski definition) is 1. The second-order valence-corrected chi connectivity index (χ2v) is 8.85. The summed E-state index contributed by atoms with van der Waals surface area (Å²) in [5, 5.41) is 11.6. The monoisotopic (exact) mass is 439 g/mol. The molecule has 0 bridgehead atoms. The second-order valence-electron chi connectivity index (χ2n) is 8.41. The first-order chi connectivity index (χ1) is 14.9. The molecule has 2 aliphatic rings. The first kappa shape index (κ1) is 21.6. The maximum atomic E-state index is 13.1. The molecule has 1 amide bonds. The number of nitrogens with zero attached hydrogens (tertiary/aromatic N) is 1. The van der Waals surface area contributed by atoms with E-state index in [1.54, 1.807) is 29.2 Å². The molecule has 2 aromatic carbocycles. The van der Waals surface area contributed by atoms with E-state index in [1.165, 1.54) is 0 Å². The van der Waals surface area contributed by atoms with Gasteiger partial charge in [0.15, 0.2) is 0 Å². The van der Waals surface area contributed by atoms with E-state index >= 15 is 0 Å². The van der Waals surface area contributed by atoms with Crippen LogP contribution >= 0.6 is 11.6 Å². The molecule has 2 aromatic rings. The maximum absolute atomic E-state index is 13.1. The van der Waals surface area contributed by atoms with E-state index in [2.05, 4.69) is 13.8 Å². The van der Waals surface area contributed by atoms with Crippen molar-refractivity contribution in [1.82, 2.24) is 4.90 Å². The van der Waals surface area contributed by atoms with Gasteiger partial charge >= 0.3 is 0 Å². The number of Topliss-reactive ketones (excluding diaryl/α,β-unsaturated/α-hetero) is 1. The highest BCUT2D eigenvalue weighted by Crippen LogP contribution is 2.40. The van der Waals surface area contributed by atoms with Gasteiger partial charge in [-0.15, -0.1) is 0 Å². The fourth-order valence-electron chi connectivity index (χ4n) is 4.25. The Hall–Kier alpha value is -2.63. The molecule has 0 spiro atoms. The standard InChI is InChI=1S/C25H26ClNO4/c1-15(2)16-5-7-17(8-6-16)22-21(23(28)18-9-11-19(26)12-10-18)24(29)25(30)27(22)14-20-4-3-13-31-20/h5-12,15,20,22,28H,3-4,13-14H2,1-2H3/t20-,22+/m1/s1. The molecule has 0 saturated carbocycles. The minimum Gasteiger partial charge on any atom is -0.507 e. The summed E-state index contributed by atoms with van der Waals surface area (Å²) < 4.78 is 5.73. The molecule has 5 nitrogen and oxygen atoms in total. The van der Waals surface area contributed by atoms with Crippen LogP contribution in [-0.2, 0) is 14.3 Å². The van der Waals surface area contributed by atoms with E-state index < -0.39 is 17.7 Å². The first-order valence-electron chi connectivity index (χ1n) is 10.6. The van der Waals surface area contributed by atoms with Gasteiger partial charge in [0.1, 0.15) is 5.76 Å². The van der Waals surface area contributed by atoms with Crippen molar-refractivity contribution < 1.29 is 19.4 Å². The number of aliphatic hydroxyl groups is 1. The van der Waals surface area contributed by atoms with Crippen LogP contribution in [0, 0.1) is 0 Å². The summed E-state index contributed by atoms with van der Waals surface area (Å²) in [5.41, 5.74) is 2.50. The van der Waals surface area contributed by atoms with Gasteiger partial charge in [-0.1, -0.05) is 49.7 Å². The molecule has 2 aliphatic heterocycles. The summed E-state index contributed by atoms with van der Waals surface area (Å²) in [6.45, 7) is 5.20. The summed E-state index contributed by atoms with van der Waals surface area (Å²) in [5.74, 6) is -1.11. The van der Waals surface area contributed by atoms with Gasteiger partial charge in [-0.3, -0.25) is 9.59 Å². The third-order valence-electron chi connectivity index (χ3n) is 6.00. The lowest BCUT2D eigenvalue weighted by Crippen LogP contribution is -2.36. The van der Waals surface area contributed by atoms with E-state index in [1.807, 2.05) is 24.3 Å². The van der Waals surface area contributed by atoms with Gasteiger partial charge in [0.25, 0.3) is 11.7 Å². The van der Waals surface area contributed by atoms with Crippen LogP contribution in [0.15, 0.2) is 54.1 Å². The maximum Gasteiger partial charge on any atom is 0.295 e. The molecule has 2 atom stereocenters. The normalized spacial score (nSPS) is 23.2. The predicted molar refractivity (Wildman–Crippen MR) is 120 cm³/mol. The van der Waals surface area contributed by atoms with Gasteiger partial charge in [-0.05, 0) is 54.2 Å². The number of carbonyl (C=O) groups is 2. The highest BCUT2D eigenvalue weighted by molar-refractivity contribution is 6.46. The Balaban J connectivity index is 1.80. The van der Waals surface area contributed by atoms with Crippen molar-refractivity contribution in [3.8, 4) is 0 Å². The van der Waals surface area contributed by atoms with Crippen LogP contribution in [-0.4, -0.2) is 41.0 Å². The van der Waals surface area contributed by atoms with Gasteiger partial charge in [-0.2, -0.15) is 0 Å². The quantitative estimate of drug-likeness (QED) is 0.401. The van der Waals surface area contributed by atoms with E-state index in [0.717, 1.165) is 24.0 Å². The fraction of sp³-hybridized carbons (Fsp3) is 0.360. The van der Waals surface area contributed by atoms with Crippen LogP contribution in [0.3, 0.4) is 0 Å². The van der Waals surface area contributed by atoms with Gasteiger partial charge in [0, 0.05) is 23.7 Å². The Morgan fingerprint density at radius 1 is 1.13 bits per heavy atom. The largest absolute Gasteiger partial charge is 0.507 e. The molecule has 4 rings (SSSR count). The third kappa shape index (κ3) is 4.25. The number of aliphatic hydroxyl groups excluding tert-OH is 1. The number of amides is 1. The number of rotatable bonds is 5. The highest BCUT2D eigenvalue weighted by atomic mass is 35.5. The van der Waals surface area contributed by atoms with Crippen molar-refractivity contribution in [3.05, 3.63) is 75.8 Å². The van der Waals surface area contributed by atoms with Crippen LogP contribution in [0.4, 0.5) is 0 Å². The van der Waals surface area contributed by atoms with Crippen LogP contribution in [0.25, 0.3) is 5.76 Å². The Bertz CT molecular complexity index is 1000.